The second-order valence-corrected chi connectivity index (χ2v) is 5.60. The van der Waals surface area contributed by atoms with Crippen molar-refractivity contribution in [3.63, 3.8) is 0 Å². The van der Waals surface area contributed by atoms with E-state index >= 15 is 0 Å². The highest BCUT2D eigenvalue weighted by Gasteiger charge is 2.27. The first kappa shape index (κ1) is 15.6. The molecular weight excluding hydrogens is 326 g/mol. The standard InChI is InChI=1S/C14H14F2N4O2S/c15-14(16)22-12-4-2-1-3-11(12)20-6-5-9(8-20)18-13(21)10-7-17-23-19-10/h1-4,7,9,14H,5-6,8H2,(H,18,21). The molecule has 1 saturated heterocycles. The van der Waals surface area contributed by atoms with Gasteiger partial charge < -0.3 is 15.0 Å². The third kappa shape index (κ3) is 3.73. The van der Waals surface area contributed by atoms with Gasteiger partial charge in [-0.2, -0.15) is 17.5 Å². The molecule has 0 aliphatic carbocycles. The lowest BCUT2D eigenvalue weighted by Gasteiger charge is -2.21. The van der Waals surface area contributed by atoms with Crippen molar-refractivity contribution in [3.05, 3.63) is 36.2 Å². The predicted molar refractivity (Wildman–Crippen MR) is 81.1 cm³/mol. The van der Waals surface area contributed by atoms with E-state index in [1.54, 1.807) is 18.2 Å². The Hall–Kier alpha value is -2.29. The zero-order valence-electron chi connectivity index (χ0n) is 12.0. The Morgan fingerprint density at radius 3 is 3.00 bits per heavy atom. The first-order chi connectivity index (χ1) is 11.1. The zero-order chi connectivity index (χ0) is 16.2. The molecule has 2 aromatic rings. The van der Waals surface area contributed by atoms with Crippen molar-refractivity contribution < 1.29 is 18.3 Å². The SMILES string of the molecule is O=C(NC1CCN(c2ccccc2OC(F)F)C1)c1cnsn1. The molecule has 122 valence electrons. The minimum Gasteiger partial charge on any atom is -0.433 e. The second kappa shape index (κ2) is 6.86. The summed E-state index contributed by atoms with van der Waals surface area (Å²) in [6.45, 7) is -1.71. The van der Waals surface area contributed by atoms with Gasteiger partial charge >= 0.3 is 6.61 Å². The van der Waals surface area contributed by atoms with Gasteiger partial charge in [0.2, 0.25) is 0 Å². The predicted octanol–water partition coefficient (Wildman–Crippen LogP) is 2.15. The molecule has 0 radical (unpaired) electrons. The molecule has 1 aliphatic heterocycles. The number of hydrogen-bond donors (Lipinski definition) is 1. The van der Waals surface area contributed by atoms with E-state index in [0.29, 0.717) is 25.2 Å². The fraction of sp³-hybridized carbons (Fsp3) is 0.357. The van der Waals surface area contributed by atoms with Crippen molar-refractivity contribution in [2.45, 2.75) is 19.1 Å². The van der Waals surface area contributed by atoms with Crippen molar-refractivity contribution in [2.75, 3.05) is 18.0 Å². The van der Waals surface area contributed by atoms with Crippen molar-refractivity contribution in [1.29, 1.82) is 0 Å². The van der Waals surface area contributed by atoms with E-state index in [9.17, 15) is 13.6 Å². The Kier molecular flexibility index (Phi) is 4.65. The average molecular weight is 340 g/mol. The molecule has 1 aliphatic rings. The van der Waals surface area contributed by atoms with Crippen LogP contribution in [0.1, 0.15) is 16.9 Å². The fourth-order valence-electron chi connectivity index (χ4n) is 2.53. The highest BCUT2D eigenvalue weighted by atomic mass is 32.1. The average Bonchev–Trinajstić information content (AvgIpc) is 3.18. The van der Waals surface area contributed by atoms with Gasteiger partial charge in [-0.15, -0.1) is 0 Å². The molecule has 3 rings (SSSR count). The number of nitrogens with zero attached hydrogens (tertiary/aromatic N) is 3. The molecule has 1 unspecified atom stereocenters. The maximum Gasteiger partial charge on any atom is 0.387 e. The summed E-state index contributed by atoms with van der Waals surface area (Å²) >= 11 is 0.972. The maximum atomic E-state index is 12.5. The van der Waals surface area contributed by atoms with Crippen LogP contribution in [0.4, 0.5) is 14.5 Å². The third-order valence-corrected chi connectivity index (χ3v) is 4.02. The first-order valence-corrected chi connectivity index (χ1v) is 7.73. The normalized spacial score (nSPS) is 17.5. The van der Waals surface area contributed by atoms with Crippen LogP contribution in [0.5, 0.6) is 5.75 Å². The number of hydrogen-bond acceptors (Lipinski definition) is 6. The van der Waals surface area contributed by atoms with E-state index in [-0.39, 0.29) is 23.4 Å². The van der Waals surface area contributed by atoms with Gasteiger partial charge in [-0.1, -0.05) is 12.1 Å². The number of carbonyl (C=O) groups excluding carboxylic acids is 1. The number of carbonyl (C=O) groups is 1. The molecule has 0 saturated carbocycles. The maximum absolute atomic E-state index is 12.5. The van der Waals surface area contributed by atoms with Gasteiger partial charge in [0.15, 0.2) is 5.69 Å². The molecule has 1 atom stereocenters. The van der Waals surface area contributed by atoms with Crippen molar-refractivity contribution >= 4 is 23.3 Å². The van der Waals surface area contributed by atoms with Crippen LogP contribution in [-0.4, -0.2) is 40.4 Å². The van der Waals surface area contributed by atoms with Gasteiger partial charge in [0.05, 0.1) is 23.6 Å². The third-order valence-electron chi connectivity index (χ3n) is 3.54. The number of alkyl halides is 2. The minimum atomic E-state index is -2.87. The van der Waals surface area contributed by atoms with Gasteiger partial charge in [0.25, 0.3) is 5.91 Å². The Morgan fingerprint density at radius 1 is 1.43 bits per heavy atom. The lowest BCUT2D eigenvalue weighted by Crippen LogP contribution is -2.37. The fourth-order valence-corrected chi connectivity index (χ4v) is 2.95. The molecule has 1 aromatic carbocycles. The Bertz CT molecular complexity index is 669. The van der Waals surface area contributed by atoms with Crippen LogP contribution in [0.2, 0.25) is 0 Å². The van der Waals surface area contributed by atoms with Crippen LogP contribution < -0.4 is 15.0 Å². The monoisotopic (exact) mass is 340 g/mol. The molecule has 1 amide bonds. The molecular formula is C14H14F2N4O2S. The number of nitrogens with one attached hydrogen (secondary N) is 1. The lowest BCUT2D eigenvalue weighted by atomic mass is 10.2. The van der Waals surface area contributed by atoms with Crippen LogP contribution >= 0.6 is 11.7 Å². The molecule has 1 N–H and O–H groups in total. The second-order valence-electron chi connectivity index (χ2n) is 5.04. The molecule has 0 bridgehead atoms. The Labute approximate surface area is 135 Å². The summed E-state index contributed by atoms with van der Waals surface area (Å²) in [6, 6.07) is 6.57. The Morgan fingerprint density at radius 2 is 2.26 bits per heavy atom. The number of para-hydroxylation sites is 2. The molecule has 0 spiro atoms. The number of rotatable bonds is 5. The summed E-state index contributed by atoms with van der Waals surface area (Å²) in [7, 11) is 0. The van der Waals surface area contributed by atoms with Gasteiger partial charge in [0, 0.05) is 19.1 Å². The topological polar surface area (TPSA) is 67.4 Å². The highest BCUT2D eigenvalue weighted by molar-refractivity contribution is 6.99. The van der Waals surface area contributed by atoms with Gasteiger partial charge in [-0.25, -0.2) is 0 Å². The van der Waals surface area contributed by atoms with Crippen molar-refractivity contribution in [1.82, 2.24) is 14.1 Å². The summed E-state index contributed by atoms with van der Waals surface area (Å²) < 4.78 is 37.2. The summed E-state index contributed by atoms with van der Waals surface area (Å²) in [4.78, 5) is 13.9. The van der Waals surface area contributed by atoms with Crippen LogP contribution in [0.25, 0.3) is 0 Å². The summed E-state index contributed by atoms with van der Waals surface area (Å²) in [6.07, 6.45) is 2.13. The number of aromatic nitrogens is 2. The van der Waals surface area contributed by atoms with Crippen molar-refractivity contribution in [2.24, 2.45) is 0 Å². The Balaban J connectivity index is 1.65. The van der Waals surface area contributed by atoms with E-state index in [1.807, 2.05) is 4.90 Å². The van der Waals surface area contributed by atoms with E-state index in [1.165, 1.54) is 12.3 Å². The number of ether oxygens (including phenoxy) is 1. The number of anilines is 1. The van der Waals surface area contributed by atoms with Crippen LogP contribution in [0.3, 0.4) is 0 Å². The smallest absolute Gasteiger partial charge is 0.387 e. The quantitative estimate of drug-likeness (QED) is 0.903. The summed E-state index contributed by atoms with van der Waals surface area (Å²) in [5.74, 6) is -0.138. The number of benzene rings is 1. The molecule has 23 heavy (non-hydrogen) atoms. The van der Waals surface area contributed by atoms with Gasteiger partial charge in [0.1, 0.15) is 5.75 Å². The van der Waals surface area contributed by atoms with Crippen molar-refractivity contribution in [3.8, 4) is 5.75 Å². The number of halogens is 2. The lowest BCUT2D eigenvalue weighted by molar-refractivity contribution is -0.0495. The minimum absolute atomic E-state index is 0.0798. The summed E-state index contributed by atoms with van der Waals surface area (Å²) in [5.41, 5.74) is 0.884. The van der Waals surface area contributed by atoms with Crippen LogP contribution in [0, 0.1) is 0 Å². The molecule has 1 fully saturated rings. The van der Waals surface area contributed by atoms with Gasteiger partial charge in [-0.05, 0) is 18.6 Å². The van der Waals surface area contributed by atoms with E-state index < -0.39 is 6.61 Å². The zero-order valence-corrected chi connectivity index (χ0v) is 12.8. The van der Waals surface area contributed by atoms with Crippen LogP contribution in [-0.2, 0) is 0 Å². The van der Waals surface area contributed by atoms with E-state index in [0.717, 1.165) is 11.7 Å². The van der Waals surface area contributed by atoms with E-state index in [4.69, 9.17) is 0 Å². The molecule has 6 nitrogen and oxygen atoms in total. The van der Waals surface area contributed by atoms with Crippen LogP contribution in [0.15, 0.2) is 30.5 Å². The first-order valence-electron chi connectivity index (χ1n) is 7.00. The largest absolute Gasteiger partial charge is 0.433 e. The van der Waals surface area contributed by atoms with E-state index in [2.05, 4.69) is 18.8 Å². The molecule has 2 heterocycles. The highest BCUT2D eigenvalue weighted by Crippen LogP contribution is 2.31. The molecule has 1 aromatic heterocycles. The molecule has 9 heteroatoms. The van der Waals surface area contributed by atoms with Gasteiger partial charge in [-0.3, -0.25) is 4.79 Å². The summed E-state index contributed by atoms with van der Waals surface area (Å²) in [5, 5.41) is 2.88. The number of amides is 1.